The van der Waals surface area contributed by atoms with E-state index in [9.17, 15) is 13.2 Å². The molecule has 4 rings (SSSR count). The number of benzene rings is 1. The summed E-state index contributed by atoms with van der Waals surface area (Å²) in [7, 11) is -3.20. The SMILES string of the molecule is O=C(c1ccc(N2CCCS2(=O)=O)cc1)N1CCN(Cc2ccccn2)CC1. The number of hydrogen-bond acceptors (Lipinski definition) is 5. The van der Waals surface area contributed by atoms with Crippen molar-refractivity contribution in [1.82, 2.24) is 14.8 Å². The summed E-state index contributed by atoms with van der Waals surface area (Å²) >= 11 is 0. The highest BCUT2D eigenvalue weighted by molar-refractivity contribution is 7.93. The van der Waals surface area contributed by atoms with Gasteiger partial charge >= 0.3 is 0 Å². The molecule has 0 N–H and O–H groups in total. The average molecular weight is 401 g/mol. The highest BCUT2D eigenvalue weighted by Crippen LogP contribution is 2.24. The number of piperazine rings is 1. The number of rotatable bonds is 4. The minimum absolute atomic E-state index is 0.00619. The molecule has 0 saturated carbocycles. The molecular formula is C20H24N4O3S. The second kappa shape index (κ2) is 7.89. The Morgan fingerprint density at radius 3 is 2.32 bits per heavy atom. The second-order valence-electron chi connectivity index (χ2n) is 7.18. The van der Waals surface area contributed by atoms with Crippen molar-refractivity contribution < 1.29 is 13.2 Å². The van der Waals surface area contributed by atoms with Crippen molar-refractivity contribution in [3.63, 3.8) is 0 Å². The standard InChI is InChI=1S/C20H24N4O3S/c25-20(17-5-7-19(8-6-17)24-10-3-15-28(24,26)27)23-13-11-22(12-14-23)16-18-4-1-2-9-21-18/h1-2,4-9H,3,10-16H2. The van der Waals surface area contributed by atoms with Crippen molar-refractivity contribution in [3.05, 3.63) is 59.9 Å². The molecule has 0 bridgehead atoms. The summed E-state index contributed by atoms with van der Waals surface area (Å²) in [6.45, 7) is 4.27. The van der Waals surface area contributed by atoms with Crippen LogP contribution in [0.4, 0.5) is 5.69 Å². The summed E-state index contributed by atoms with van der Waals surface area (Å²) in [5.41, 5.74) is 2.27. The number of aromatic nitrogens is 1. The van der Waals surface area contributed by atoms with E-state index in [0.717, 1.165) is 25.3 Å². The average Bonchev–Trinajstić information content (AvgIpc) is 3.08. The van der Waals surface area contributed by atoms with Crippen LogP contribution in [0.1, 0.15) is 22.5 Å². The van der Waals surface area contributed by atoms with E-state index in [2.05, 4.69) is 9.88 Å². The van der Waals surface area contributed by atoms with E-state index in [1.54, 1.807) is 30.5 Å². The summed E-state index contributed by atoms with van der Waals surface area (Å²) in [4.78, 5) is 21.3. The minimum Gasteiger partial charge on any atom is -0.336 e. The van der Waals surface area contributed by atoms with E-state index < -0.39 is 10.0 Å². The molecule has 2 aromatic rings. The molecule has 8 heteroatoms. The predicted molar refractivity (Wildman–Crippen MR) is 108 cm³/mol. The van der Waals surface area contributed by atoms with Crippen LogP contribution in [0.25, 0.3) is 0 Å². The quantitative estimate of drug-likeness (QED) is 0.779. The molecule has 2 aliphatic rings. The van der Waals surface area contributed by atoms with Gasteiger partial charge in [-0.1, -0.05) is 6.07 Å². The van der Waals surface area contributed by atoms with Gasteiger partial charge in [-0.3, -0.25) is 19.0 Å². The van der Waals surface area contributed by atoms with Gasteiger partial charge in [0.2, 0.25) is 10.0 Å². The molecule has 2 fully saturated rings. The van der Waals surface area contributed by atoms with Gasteiger partial charge in [-0.15, -0.1) is 0 Å². The predicted octanol–water partition coefficient (Wildman–Crippen LogP) is 1.58. The van der Waals surface area contributed by atoms with Crippen LogP contribution in [0.15, 0.2) is 48.7 Å². The van der Waals surface area contributed by atoms with Crippen molar-refractivity contribution in [2.24, 2.45) is 0 Å². The summed E-state index contributed by atoms with van der Waals surface area (Å²) < 4.78 is 25.5. The van der Waals surface area contributed by atoms with Crippen LogP contribution in [0, 0.1) is 0 Å². The molecule has 28 heavy (non-hydrogen) atoms. The lowest BCUT2D eigenvalue weighted by molar-refractivity contribution is 0.0627. The van der Waals surface area contributed by atoms with E-state index >= 15 is 0 Å². The first-order valence-electron chi connectivity index (χ1n) is 9.55. The van der Waals surface area contributed by atoms with Crippen LogP contribution in [0.5, 0.6) is 0 Å². The lowest BCUT2D eigenvalue weighted by Crippen LogP contribution is -2.48. The number of carbonyl (C=O) groups excluding carboxylic acids is 1. The molecule has 1 aromatic carbocycles. The first-order chi connectivity index (χ1) is 13.5. The first-order valence-corrected chi connectivity index (χ1v) is 11.2. The molecule has 0 radical (unpaired) electrons. The maximum atomic E-state index is 12.8. The van der Waals surface area contributed by atoms with Gasteiger partial charge in [0.25, 0.3) is 5.91 Å². The number of carbonyl (C=O) groups is 1. The number of amides is 1. The Morgan fingerprint density at radius 1 is 0.964 bits per heavy atom. The van der Waals surface area contributed by atoms with E-state index in [0.29, 0.717) is 37.3 Å². The summed E-state index contributed by atoms with van der Waals surface area (Å²) in [5.74, 6) is 0.185. The van der Waals surface area contributed by atoms with Crippen molar-refractivity contribution in [3.8, 4) is 0 Å². The fourth-order valence-electron chi connectivity index (χ4n) is 3.71. The third-order valence-electron chi connectivity index (χ3n) is 5.27. The lowest BCUT2D eigenvalue weighted by atomic mass is 10.1. The monoisotopic (exact) mass is 400 g/mol. The van der Waals surface area contributed by atoms with Gasteiger partial charge in [0.1, 0.15) is 0 Å². The molecule has 7 nitrogen and oxygen atoms in total. The Hall–Kier alpha value is -2.45. The van der Waals surface area contributed by atoms with Crippen molar-refractivity contribution in [2.45, 2.75) is 13.0 Å². The largest absolute Gasteiger partial charge is 0.336 e. The molecule has 2 aliphatic heterocycles. The maximum Gasteiger partial charge on any atom is 0.253 e. The third-order valence-corrected chi connectivity index (χ3v) is 7.14. The Balaban J connectivity index is 1.35. The van der Waals surface area contributed by atoms with E-state index in [1.807, 2.05) is 23.1 Å². The molecule has 1 aromatic heterocycles. The van der Waals surface area contributed by atoms with Crippen LogP contribution in [-0.2, 0) is 16.6 Å². The smallest absolute Gasteiger partial charge is 0.253 e. The zero-order chi connectivity index (χ0) is 19.6. The number of pyridine rings is 1. The topological polar surface area (TPSA) is 73.8 Å². The number of nitrogens with zero attached hydrogens (tertiary/aromatic N) is 4. The first kappa shape index (κ1) is 18.9. The molecule has 0 atom stereocenters. The van der Waals surface area contributed by atoms with Gasteiger partial charge < -0.3 is 4.90 Å². The van der Waals surface area contributed by atoms with Gasteiger partial charge in [0.15, 0.2) is 0 Å². The molecule has 0 aliphatic carbocycles. The van der Waals surface area contributed by atoms with Crippen molar-refractivity contribution >= 4 is 21.6 Å². The van der Waals surface area contributed by atoms with Gasteiger partial charge in [-0.2, -0.15) is 0 Å². The van der Waals surface area contributed by atoms with Crippen molar-refractivity contribution in [2.75, 3.05) is 42.8 Å². The van der Waals surface area contributed by atoms with Gasteiger partial charge in [-0.05, 0) is 42.8 Å². The van der Waals surface area contributed by atoms with E-state index in [1.165, 1.54) is 4.31 Å². The van der Waals surface area contributed by atoms with Crippen LogP contribution in [-0.4, -0.2) is 67.6 Å². The summed E-state index contributed by atoms with van der Waals surface area (Å²) in [5, 5.41) is 0. The molecule has 1 amide bonds. The highest BCUT2D eigenvalue weighted by atomic mass is 32.2. The number of hydrogen-bond donors (Lipinski definition) is 0. The molecule has 0 unspecified atom stereocenters. The molecule has 0 spiro atoms. The highest BCUT2D eigenvalue weighted by Gasteiger charge is 2.29. The van der Waals surface area contributed by atoms with E-state index in [4.69, 9.17) is 0 Å². The fraction of sp³-hybridized carbons (Fsp3) is 0.400. The van der Waals surface area contributed by atoms with Crippen LogP contribution >= 0.6 is 0 Å². The molecule has 2 saturated heterocycles. The maximum absolute atomic E-state index is 12.8. The van der Waals surface area contributed by atoms with Crippen LogP contribution in [0.2, 0.25) is 0 Å². The number of anilines is 1. The van der Waals surface area contributed by atoms with Gasteiger partial charge in [0, 0.05) is 51.0 Å². The summed E-state index contributed by atoms with van der Waals surface area (Å²) in [6.07, 6.45) is 2.44. The summed E-state index contributed by atoms with van der Waals surface area (Å²) in [6, 6.07) is 12.8. The van der Waals surface area contributed by atoms with Gasteiger partial charge in [-0.25, -0.2) is 8.42 Å². The number of sulfonamides is 1. The second-order valence-corrected chi connectivity index (χ2v) is 9.19. The zero-order valence-corrected chi connectivity index (χ0v) is 16.5. The zero-order valence-electron chi connectivity index (χ0n) is 15.7. The normalized spacial score (nSPS) is 19.7. The molecule has 148 valence electrons. The van der Waals surface area contributed by atoms with Crippen molar-refractivity contribution in [1.29, 1.82) is 0 Å². The minimum atomic E-state index is -3.20. The Morgan fingerprint density at radius 2 is 1.71 bits per heavy atom. The Bertz CT molecular complexity index is 924. The Labute approximate surface area is 165 Å². The van der Waals surface area contributed by atoms with E-state index in [-0.39, 0.29) is 11.7 Å². The fourth-order valence-corrected chi connectivity index (χ4v) is 5.28. The molecular weight excluding hydrogens is 376 g/mol. The van der Waals surface area contributed by atoms with Crippen LogP contribution < -0.4 is 4.31 Å². The molecule has 3 heterocycles. The van der Waals surface area contributed by atoms with Crippen LogP contribution in [0.3, 0.4) is 0 Å². The van der Waals surface area contributed by atoms with Gasteiger partial charge in [0.05, 0.1) is 17.1 Å². The lowest BCUT2D eigenvalue weighted by Gasteiger charge is -2.34. The third kappa shape index (κ3) is 4.02. The Kier molecular flexibility index (Phi) is 5.32.